The molecule has 0 unspecified atom stereocenters. The van der Waals surface area contributed by atoms with Crippen LogP contribution in [0.3, 0.4) is 0 Å². The lowest BCUT2D eigenvalue weighted by Gasteiger charge is -2.05. The molecule has 2 amide bonds. The van der Waals surface area contributed by atoms with Gasteiger partial charge >= 0.3 is 0 Å². The van der Waals surface area contributed by atoms with Gasteiger partial charge in [0.15, 0.2) is 0 Å². The highest BCUT2D eigenvalue weighted by Gasteiger charge is 2.03. The third-order valence-corrected chi connectivity index (χ3v) is 2.46. The van der Waals surface area contributed by atoms with Crippen LogP contribution in [0.25, 0.3) is 0 Å². The van der Waals surface area contributed by atoms with Gasteiger partial charge in [-0.15, -0.1) is 0 Å². The van der Waals surface area contributed by atoms with E-state index in [2.05, 4.69) is 5.32 Å². The molecule has 3 N–H and O–H groups in total. The molecule has 1 aromatic rings. The standard InChI is InChI=1S/C13H18N2O2/c1-2-3-7-12(16)15-9-10-5-4-6-11(8-10)13(14)17/h4-6,8H,2-3,7,9H2,1H3,(H2,14,17)(H,15,16). The van der Waals surface area contributed by atoms with E-state index in [1.54, 1.807) is 18.2 Å². The minimum Gasteiger partial charge on any atom is -0.366 e. The van der Waals surface area contributed by atoms with Crippen molar-refractivity contribution in [2.24, 2.45) is 5.73 Å². The van der Waals surface area contributed by atoms with Crippen molar-refractivity contribution in [2.45, 2.75) is 32.7 Å². The van der Waals surface area contributed by atoms with Crippen molar-refractivity contribution >= 4 is 11.8 Å². The van der Waals surface area contributed by atoms with E-state index in [0.717, 1.165) is 18.4 Å². The maximum atomic E-state index is 11.4. The number of hydrogen-bond acceptors (Lipinski definition) is 2. The van der Waals surface area contributed by atoms with Crippen molar-refractivity contribution < 1.29 is 9.59 Å². The molecule has 0 saturated heterocycles. The number of nitrogens with one attached hydrogen (secondary N) is 1. The van der Waals surface area contributed by atoms with Crippen molar-refractivity contribution in [2.75, 3.05) is 0 Å². The zero-order valence-electron chi connectivity index (χ0n) is 10.0. The molecule has 0 spiro atoms. The van der Waals surface area contributed by atoms with Crippen LogP contribution >= 0.6 is 0 Å². The van der Waals surface area contributed by atoms with Gasteiger partial charge in [-0.25, -0.2) is 0 Å². The molecular weight excluding hydrogens is 216 g/mol. The number of carbonyl (C=O) groups is 2. The van der Waals surface area contributed by atoms with Crippen molar-refractivity contribution in [3.8, 4) is 0 Å². The zero-order valence-corrected chi connectivity index (χ0v) is 10.0. The van der Waals surface area contributed by atoms with Crippen LogP contribution in [0.2, 0.25) is 0 Å². The molecule has 0 aromatic heterocycles. The van der Waals surface area contributed by atoms with Gasteiger partial charge in [-0.05, 0) is 24.1 Å². The van der Waals surface area contributed by atoms with Crippen LogP contribution in [0.5, 0.6) is 0 Å². The summed E-state index contributed by atoms with van der Waals surface area (Å²) < 4.78 is 0. The smallest absolute Gasteiger partial charge is 0.248 e. The van der Waals surface area contributed by atoms with E-state index in [0.29, 0.717) is 18.5 Å². The second kappa shape index (κ2) is 6.68. The molecular formula is C13H18N2O2. The molecule has 4 heteroatoms. The van der Waals surface area contributed by atoms with Crippen molar-refractivity contribution in [3.63, 3.8) is 0 Å². The summed E-state index contributed by atoms with van der Waals surface area (Å²) in [5, 5.41) is 2.81. The highest BCUT2D eigenvalue weighted by molar-refractivity contribution is 5.92. The summed E-state index contributed by atoms with van der Waals surface area (Å²) in [6.45, 7) is 2.48. The first kappa shape index (κ1) is 13.2. The van der Waals surface area contributed by atoms with Crippen LogP contribution in [0, 0.1) is 0 Å². The average Bonchev–Trinajstić information content (AvgIpc) is 2.34. The Morgan fingerprint density at radius 1 is 1.35 bits per heavy atom. The predicted molar refractivity (Wildman–Crippen MR) is 66.3 cm³/mol. The number of carbonyl (C=O) groups excluding carboxylic acids is 2. The van der Waals surface area contributed by atoms with Crippen LogP contribution in [0.15, 0.2) is 24.3 Å². The lowest BCUT2D eigenvalue weighted by Crippen LogP contribution is -2.22. The minimum atomic E-state index is -0.454. The first-order valence-electron chi connectivity index (χ1n) is 5.79. The van der Waals surface area contributed by atoms with E-state index < -0.39 is 5.91 Å². The van der Waals surface area contributed by atoms with Gasteiger partial charge in [-0.1, -0.05) is 25.5 Å². The van der Waals surface area contributed by atoms with Crippen LogP contribution in [-0.4, -0.2) is 11.8 Å². The minimum absolute atomic E-state index is 0.0383. The Kier molecular flexibility index (Phi) is 5.20. The molecule has 92 valence electrons. The highest BCUT2D eigenvalue weighted by Crippen LogP contribution is 2.04. The van der Waals surface area contributed by atoms with E-state index in [1.807, 2.05) is 13.0 Å². The predicted octanol–water partition coefficient (Wildman–Crippen LogP) is 1.59. The van der Waals surface area contributed by atoms with E-state index in [-0.39, 0.29) is 5.91 Å². The molecule has 0 atom stereocenters. The van der Waals surface area contributed by atoms with E-state index in [4.69, 9.17) is 5.73 Å². The summed E-state index contributed by atoms with van der Waals surface area (Å²) in [5.74, 6) is -0.416. The van der Waals surface area contributed by atoms with Crippen molar-refractivity contribution in [1.82, 2.24) is 5.32 Å². The summed E-state index contributed by atoms with van der Waals surface area (Å²) in [6.07, 6.45) is 2.45. The molecule has 0 saturated carbocycles. The number of amides is 2. The van der Waals surface area contributed by atoms with Crippen LogP contribution < -0.4 is 11.1 Å². The average molecular weight is 234 g/mol. The van der Waals surface area contributed by atoms with E-state index in [1.165, 1.54) is 0 Å². The lowest BCUT2D eigenvalue weighted by atomic mass is 10.1. The number of rotatable bonds is 6. The Hall–Kier alpha value is -1.84. The monoisotopic (exact) mass is 234 g/mol. The van der Waals surface area contributed by atoms with Crippen LogP contribution in [-0.2, 0) is 11.3 Å². The Bertz CT molecular complexity index is 402. The topological polar surface area (TPSA) is 72.2 Å². The Balaban J connectivity index is 2.49. The molecule has 0 radical (unpaired) electrons. The van der Waals surface area contributed by atoms with Gasteiger partial charge in [0.2, 0.25) is 11.8 Å². The summed E-state index contributed by atoms with van der Waals surface area (Å²) in [5.41, 5.74) is 6.52. The molecule has 0 aliphatic carbocycles. The lowest BCUT2D eigenvalue weighted by molar-refractivity contribution is -0.121. The molecule has 1 rings (SSSR count). The SMILES string of the molecule is CCCCC(=O)NCc1cccc(C(N)=O)c1. The van der Waals surface area contributed by atoms with Crippen LogP contribution in [0.4, 0.5) is 0 Å². The van der Waals surface area contributed by atoms with Crippen molar-refractivity contribution in [3.05, 3.63) is 35.4 Å². The summed E-state index contributed by atoms with van der Waals surface area (Å²) in [4.78, 5) is 22.4. The fourth-order valence-electron chi connectivity index (χ4n) is 1.46. The summed E-state index contributed by atoms with van der Waals surface area (Å²) in [6, 6.07) is 6.97. The number of hydrogen-bond donors (Lipinski definition) is 2. The molecule has 1 aromatic carbocycles. The van der Waals surface area contributed by atoms with Crippen LogP contribution in [0.1, 0.15) is 42.1 Å². The van der Waals surface area contributed by atoms with Gasteiger partial charge in [0, 0.05) is 18.5 Å². The second-order valence-corrected chi connectivity index (χ2v) is 3.94. The van der Waals surface area contributed by atoms with Gasteiger partial charge in [-0.2, -0.15) is 0 Å². The van der Waals surface area contributed by atoms with Gasteiger partial charge in [0.1, 0.15) is 0 Å². The normalized spacial score (nSPS) is 9.94. The van der Waals surface area contributed by atoms with Crippen molar-refractivity contribution in [1.29, 1.82) is 0 Å². The van der Waals surface area contributed by atoms with Gasteiger partial charge in [0.05, 0.1) is 0 Å². The number of primary amides is 1. The zero-order chi connectivity index (χ0) is 12.7. The molecule has 0 aliphatic heterocycles. The molecule has 0 aliphatic rings. The first-order valence-corrected chi connectivity index (χ1v) is 5.79. The number of unbranched alkanes of at least 4 members (excludes halogenated alkanes) is 1. The van der Waals surface area contributed by atoms with Gasteiger partial charge in [-0.3, -0.25) is 9.59 Å². The second-order valence-electron chi connectivity index (χ2n) is 3.94. The fourth-order valence-corrected chi connectivity index (χ4v) is 1.46. The van der Waals surface area contributed by atoms with E-state index in [9.17, 15) is 9.59 Å². The molecule has 0 heterocycles. The van der Waals surface area contributed by atoms with Gasteiger partial charge in [0.25, 0.3) is 0 Å². The van der Waals surface area contributed by atoms with Gasteiger partial charge < -0.3 is 11.1 Å². The number of nitrogens with two attached hydrogens (primary N) is 1. The fraction of sp³-hybridized carbons (Fsp3) is 0.385. The largest absolute Gasteiger partial charge is 0.366 e. The molecule has 4 nitrogen and oxygen atoms in total. The quantitative estimate of drug-likeness (QED) is 0.784. The molecule has 17 heavy (non-hydrogen) atoms. The summed E-state index contributed by atoms with van der Waals surface area (Å²) in [7, 11) is 0. The third kappa shape index (κ3) is 4.68. The molecule has 0 fully saturated rings. The first-order chi connectivity index (χ1) is 8.13. The Morgan fingerprint density at radius 3 is 2.76 bits per heavy atom. The number of benzene rings is 1. The highest BCUT2D eigenvalue weighted by atomic mass is 16.1. The van der Waals surface area contributed by atoms with E-state index >= 15 is 0 Å². The summed E-state index contributed by atoms with van der Waals surface area (Å²) >= 11 is 0. The Morgan fingerprint density at radius 2 is 2.12 bits per heavy atom. The Labute approximate surface area is 101 Å². The maximum Gasteiger partial charge on any atom is 0.248 e. The maximum absolute atomic E-state index is 11.4. The molecule has 0 bridgehead atoms. The third-order valence-electron chi connectivity index (χ3n) is 2.46.